The van der Waals surface area contributed by atoms with Gasteiger partial charge in [-0.2, -0.15) is 5.10 Å². The Morgan fingerprint density at radius 1 is 1.62 bits per heavy atom. The van der Waals surface area contributed by atoms with Crippen LogP contribution in [0.1, 0.15) is 11.3 Å². The van der Waals surface area contributed by atoms with Crippen LogP contribution in [0.25, 0.3) is 0 Å². The Bertz CT molecular complexity index is 455. The van der Waals surface area contributed by atoms with Gasteiger partial charge in [-0.15, -0.1) is 6.58 Å². The van der Waals surface area contributed by atoms with Crippen LogP contribution in [-0.4, -0.2) is 26.3 Å². The van der Waals surface area contributed by atoms with Crippen LogP contribution in [0.15, 0.2) is 31.2 Å². The lowest BCUT2D eigenvalue weighted by atomic mass is 10.3. The molecule has 0 aromatic carbocycles. The van der Waals surface area contributed by atoms with E-state index in [1.807, 2.05) is 31.6 Å². The van der Waals surface area contributed by atoms with Crippen molar-refractivity contribution in [1.82, 2.24) is 19.7 Å². The zero-order valence-corrected chi connectivity index (χ0v) is 9.27. The first-order valence-corrected chi connectivity index (χ1v) is 5.16. The van der Waals surface area contributed by atoms with Gasteiger partial charge in [-0.1, -0.05) is 6.08 Å². The van der Waals surface area contributed by atoms with Gasteiger partial charge in [0, 0.05) is 24.5 Å². The van der Waals surface area contributed by atoms with E-state index in [4.69, 9.17) is 0 Å². The summed E-state index contributed by atoms with van der Waals surface area (Å²) in [5.41, 5.74) is 2.12. The fourth-order valence-electron chi connectivity index (χ4n) is 1.53. The van der Waals surface area contributed by atoms with E-state index >= 15 is 0 Å². The van der Waals surface area contributed by atoms with Crippen LogP contribution in [0.2, 0.25) is 0 Å². The number of hydrogen-bond acceptors (Lipinski definition) is 3. The quantitative estimate of drug-likeness (QED) is 0.747. The molecule has 5 heteroatoms. The number of anilines is 1. The van der Waals surface area contributed by atoms with Crippen LogP contribution < -0.4 is 5.32 Å². The molecule has 0 saturated carbocycles. The predicted octanol–water partition coefficient (Wildman–Crippen LogP) is 1.56. The molecular formula is C11H15N5. The molecule has 0 unspecified atom stereocenters. The van der Waals surface area contributed by atoms with Crippen molar-refractivity contribution in [3.8, 4) is 0 Å². The summed E-state index contributed by atoms with van der Waals surface area (Å²) in [5, 5.41) is 9.92. The number of hydrogen-bond donors (Lipinski definition) is 2. The fraction of sp³-hybridized carbons (Fsp3) is 0.273. The van der Waals surface area contributed by atoms with Crippen molar-refractivity contribution in [2.45, 2.75) is 13.5 Å². The van der Waals surface area contributed by atoms with E-state index in [1.165, 1.54) is 0 Å². The van der Waals surface area contributed by atoms with Crippen LogP contribution in [0.5, 0.6) is 0 Å². The Balaban J connectivity index is 2.15. The maximum atomic E-state index is 4.40. The van der Waals surface area contributed by atoms with Gasteiger partial charge in [0.1, 0.15) is 0 Å². The molecule has 0 radical (unpaired) electrons. The second kappa shape index (κ2) is 4.65. The maximum absolute atomic E-state index is 4.40. The molecule has 16 heavy (non-hydrogen) atoms. The van der Waals surface area contributed by atoms with E-state index in [2.05, 4.69) is 31.6 Å². The van der Waals surface area contributed by atoms with Crippen LogP contribution >= 0.6 is 0 Å². The van der Waals surface area contributed by atoms with Crippen molar-refractivity contribution < 1.29 is 0 Å². The van der Waals surface area contributed by atoms with Gasteiger partial charge in [0.15, 0.2) is 0 Å². The average molecular weight is 217 g/mol. The van der Waals surface area contributed by atoms with Gasteiger partial charge in [0.2, 0.25) is 5.95 Å². The molecule has 2 heterocycles. The van der Waals surface area contributed by atoms with Crippen LogP contribution in [-0.2, 0) is 6.54 Å². The van der Waals surface area contributed by atoms with Gasteiger partial charge in [0.25, 0.3) is 0 Å². The highest BCUT2D eigenvalue weighted by molar-refractivity contribution is 5.30. The summed E-state index contributed by atoms with van der Waals surface area (Å²) in [6.07, 6.45) is 7.52. The summed E-state index contributed by atoms with van der Waals surface area (Å²) in [6.45, 7) is 7.12. The number of H-pyrrole nitrogens is 1. The molecule has 0 aliphatic rings. The molecule has 84 valence electrons. The molecule has 2 aromatic heterocycles. The second-order valence-electron chi connectivity index (χ2n) is 3.61. The molecule has 0 saturated heterocycles. The highest BCUT2D eigenvalue weighted by atomic mass is 15.2. The largest absolute Gasteiger partial charge is 0.352 e. The molecule has 0 amide bonds. The van der Waals surface area contributed by atoms with Crippen LogP contribution in [0.4, 0.5) is 5.95 Å². The Morgan fingerprint density at radius 2 is 2.50 bits per heavy atom. The number of aryl methyl sites for hydroxylation is 1. The summed E-state index contributed by atoms with van der Waals surface area (Å²) in [4.78, 5) is 4.40. The predicted molar refractivity (Wildman–Crippen MR) is 63.3 cm³/mol. The number of rotatable bonds is 5. The van der Waals surface area contributed by atoms with Crippen molar-refractivity contribution in [1.29, 1.82) is 0 Å². The summed E-state index contributed by atoms with van der Waals surface area (Å²) in [7, 11) is 0. The summed E-state index contributed by atoms with van der Waals surface area (Å²) in [5.74, 6) is 0.860. The van der Waals surface area contributed by atoms with E-state index in [9.17, 15) is 0 Å². The minimum atomic E-state index is 0.710. The van der Waals surface area contributed by atoms with E-state index < -0.39 is 0 Å². The molecule has 0 spiro atoms. The van der Waals surface area contributed by atoms with Gasteiger partial charge in [-0.3, -0.25) is 5.10 Å². The Hall–Kier alpha value is -2.04. The molecule has 5 nitrogen and oxygen atoms in total. The highest BCUT2D eigenvalue weighted by Gasteiger charge is 2.05. The van der Waals surface area contributed by atoms with E-state index in [1.54, 1.807) is 0 Å². The number of aromatic nitrogens is 4. The molecule has 2 rings (SSSR count). The van der Waals surface area contributed by atoms with Crippen molar-refractivity contribution in [3.63, 3.8) is 0 Å². The van der Waals surface area contributed by atoms with Crippen molar-refractivity contribution in [2.24, 2.45) is 0 Å². The van der Waals surface area contributed by atoms with Crippen molar-refractivity contribution in [2.75, 3.05) is 11.9 Å². The summed E-state index contributed by atoms with van der Waals surface area (Å²) >= 11 is 0. The first-order valence-electron chi connectivity index (χ1n) is 5.16. The standard InChI is InChI=1S/C11H15N5/c1-3-4-12-11-15-9(2)7-16(11)8-10-5-13-14-6-10/h3,5-7H,1,4,8H2,2H3,(H,12,15)(H,13,14). The minimum Gasteiger partial charge on any atom is -0.352 e. The molecule has 0 bridgehead atoms. The molecule has 0 aliphatic heterocycles. The third-order valence-electron chi connectivity index (χ3n) is 2.21. The smallest absolute Gasteiger partial charge is 0.203 e. The third-order valence-corrected chi connectivity index (χ3v) is 2.21. The third kappa shape index (κ3) is 2.31. The van der Waals surface area contributed by atoms with Gasteiger partial charge < -0.3 is 9.88 Å². The monoisotopic (exact) mass is 217 g/mol. The molecule has 0 atom stereocenters. The SMILES string of the molecule is C=CCNc1nc(C)cn1Cc1cn[nH]c1. The normalized spacial score (nSPS) is 10.3. The maximum Gasteiger partial charge on any atom is 0.203 e. The molecule has 2 aromatic rings. The summed E-state index contributed by atoms with van der Waals surface area (Å²) < 4.78 is 2.06. The number of aromatic amines is 1. The molecular weight excluding hydrogens is 202 g/mol. The number of nitrogens with one attached hydrogen (secondary N) is 2. The Morgan fingerprint density at radius 3 is 3.19 bits per heavy atom. The first kappa shape index (κ1) is 10.5. The van der Waals surface area contributed by atoms with Gasteiger partial charge in [-0.25, -0.2) is 4.98 Å². The number of nitrogens with zero attached hydrogens (tertiary/aromatic N) is 3. The Labute approximate surface area is 94.2 Å². The van der Waals surface area contributed by atoms with Crippen molar-refractivity contribution in [3.05, 3.63) is 42.5 Å². The fourth-order valence-corrected chi connectivity index (χ4v) is 1.53. The highest BCUT2D eigenvalue weighted by Crippen LogP contribution is 2.10. The van der Waals surface area contributed by atoms with E-state index in [-0.39, 0.29) is 0 Å². The zero-order chi connectivity index (χ0) is 11.4. The zero-order valence-electron chi connectivity index (χ0n) is 9.27. The van der Waals surface area contributed by atoms with Gasteiger partial charge in [0.05, 0.1) is 18.4 Å². The lowest BCUT2D eigenvalue weighted by Crippen LogP contribution is -2.07. The Kier molecular flexibility index (Phi) is 3.05. The average Bonchev–Trinajstić information content (AvgIpc) is 2.86. The van der Waals surface area contributed by atoms with E-state index in [0.29, 0.717) is 6.54 Å². The lowest BCUT2D eigenvalue weighted by Gasteiger charge is -2.06. The van der Waals surface area contributed by atoms with Crippen LogP contribution in [0, 0.1) is 6.92 Å². The molecule has 0 fully saturated rings. The topological polar surface area (TPSA) is 58.5 Å². The molecule has 0 aliphatic carbocycles. The van der Waals surface area contributed by atoms with E-state index in [0.717, 1.165) is 23.8 Å². The summed E-state index contributed by atoms with van der Waals surface area (Å²) in [6, 6.07) is 0. The second-order valence-corrected chi connectivity index (χ2v) is 3.61. The number of imidazole rings is 1. The minimum absolute atomic E-state index is 0.710. The van der Waals surface area contributed by atoms with Gasteiger partial charge in [-0.05, 0) is 6.92 Å². The molecule has 2 N–H and O–H groups in total. The first-order chi connectivity index (χ1) is 7.79. The van der Waals surface area contributed by atoms with Crippen molar-refractivity contribution >= 4 is 5.95 Å². The van der Waals surface area contributed by atoms with Gasteiger partial charge >= 0.3 is 0 Å². The van der Waals surface area contributed by atoms with Crippen LogP contribution in [0.3, 0.4) is 0 Å². The lowest BCUT2D eigenvalue weighted by molar-refractivity contribution is 0.802.